The fraction of sp³-hybridized carbons (Fsp3) is 0. The fourth-order valence-corrected chi connectivity index (χ4v) is 2.44. The van der Waals surface area contributed by atoms with E-state index in [9.17, 15) is 9.18 Å². The van der Waals surface area contributed by atoms with Gasteiger partial charge in [-0.3, -0.25) is 4.57 Å². The first-order chi connectivity index (χ1) is 9.56. The van der Waals surface area contributed by atoms with E-state index >= 15 is 0 Å². The van der Waals surface area contributed by atoms with E-state index in [2.05, 4.69) is 20.9 Å². The molecule has 3 aromatic rings. The number of imidazole rings is 1. The molecule has 0 aliphatic heterocycles. The largest absolute Gasteiger partial charge is 0.478 e. The van der Waals surface area contributed by atoms with Gasteiger partial charge in [0.15, 0.2) is 0 Å². The summed E-state index contributed by atoms with van der Waals surface area (Å²) in [4.78, 5) is 15.2. The first-order valence-electron chi connectivity index (χ1n) is 5.72. The Morgan fingerprint density at radius 3 is 2.80 bits per heavy atom. The van der Waals surface area contributed by atoms with Gasteiger partial charge in [0.1, 0.15) is 12.1 Å². The van der Waals surface area contributed by atoms with Gasteiger partial charge in [-0.15, -0.1) is 0 Å². The van der Waals surface area contributed by atoms with Gasteiger partial charge in [-0.1, -0.05) is 0 Å². The van der Waals surface area contributed by atoms with Gasteiger partial charge in [-0.05, 0) is 52.3 Å². The third-order valence-electron chi connectivity index (χ3n) is 2.96. The molecule has 0 atom stereocenters. The summed E-state index contributed by atoms with van der Waals surface area (Å²) in [6.07, 6.45) is 1.54. The quantitative estimate of drug-likeness (QED) is 0.778. The lowest BCUT2D eigenvalue weighted by molar-refractivity contribution is 0.0697. The first-order valence-corrected chi connectivity index (χ1v) is 6.51. The van der Waals surface area contributed by atoms with Gasteiger partial charge >= 0.3 is 5.97 Å². The van der Waals surface area contributed by atoms with E-state index in [4.69, 9.17) is 5.11 Å². The number of rotatable bonds is 2. The molecular weight excluding hydrogens is 327 g/mol. The molecule has 2 aromatic carbocycles. The van der Waals surface area contributed by atoms with E-state index in [0.29, 0.717) is 21.2 Å². The number of aromatic nitrogens is 2. The van der Waals surface area contributed by atoms with Crippen LogP contribution in [-0.2, 0) is 0 Å². The van der Waals surface area contributed by atoms with Crippen molar-refractivity contribution in [1.29, 1.82) is 0 Å². The number of halogens is 2. The zero-order valence-electron chi connectivity index (χ0n) is 10.0. The van der Waals surface area contributed by atoms with Crippen LogP contribution in [0.3, 0.4) is 0 Å². The molecular formula is C14H8BrFN2O2. The molecule has 0 spiro atoms. The molecule has 0 fully saturated rings. The highest BCUT2D eigenvalue weighted by molar-refractivity contribution is 9.10. The second-order valence-corrected chi connectivity index (χ2v) is 5.07. The van der Waals surface area contributed by atoms with Crippen molar-refractivity contribution in [1.82, 2.24) is 9.55 Å². The van der Waals surface area contributed by atoms with Gasteiger partial charge in [0, 0.05) is 4.47 Å². The van der Waals surface area contributed by atoms with Crippen molar-refractivity contribution in [2.45, 2.75) is 0 Å². The third-order valence-corrected chi connectivity index (χ3v) is 3.63. The molecule has 20 heavy (non-hydrogen) atoms. The van der Waals surface area contributed by atoms with Crippen molar-refractivity contribution < 1.29 is 14.3 Å². The maximum absolute atomic E-state index is 13.4. The van der Waals surface area contributed by atoms with Crippen LogP contribution >= 0.6 is 15.9 Å². The van der Waals surface area contributed by atoms with Gasteiger partial charge in [0.2, 0.25) is 0 Å². The van der Waals surface area contributed by atoms with E-state index < -0.39 is 5.97 Å². The lowest BCUT2D eigenvalue weighted by Crippen LogP contribution is -1.98. The van der Waals surface area contributed by atoms with Crippen LogP contribution in [0.2, 0.25) is 0 Å². The van der Waals surface area contributed by atoms with Crippen molar-refractivity contribution >= 4 is 32.9 Å². The summed E-state index contributed by atoms with van der Waals surface area (Å²) >= 11 is 3.35. The molecule has 6 heteroatoms. The van der Waals surface area contributed by atoms with Crippen molar-refractivity contribution in [2.75, 3.05) is 0 Å². The van der Waals surface area contributed by atoms with Crippen LogP contribution in [0.1, 0.15) is 10.4 Å². The summed E-state index contributed by atoms with van der Waals surface area (Å²) in [7, 11) is 0. The first kappa shape index (κ1) is 12.8. The molecule has 0 unspecified atom stereocenters. The molecule has 100 valence electrons. The molecule has 0 saturated heterocycles. The minimum absolute atomic E-state index is 0.159. The highest BCUT2D eigenvalue weighted by atomic mass is 79.9. The van der Waals surface area contributed by atoms with Gasteiger partial charge in [0.05, 0.1) is 22.3 Å². The van der Waals surface area contributed by atoms with Crippen LogP contribution in [0.5, 0.6) is 0 Å². The lowest BCUT2D eigenvalue weighted by Gasteiger charge is -2.07. The predicted molar refractivity (Wildman–Crippen MR) is 75.7 cm³/mol. The summed E-state index contributed by atoms with van der Waals surface area (Å²) in [6, 6.07) is 8.93. The van der Waals surface area contributed by atoms with Crippen LogP contribution in [0, 0.1) is 5.82 Å². The summed E-state index contributed by atoms with van der Waals surface area (Å²) < 4.78 is 15.7. The van der Waals surface area contributed by atoms with Crippen LogP contribution < -0.4 is 0 Å². The number of benzene rings is 2. The average molecular weight is 335 g/mol. The molecule has 1 N–H and O–H groups in total. The third kappa shape index (κ3) is 2.08. The predicted octanol–water partition coefficient (Wildman–Crippen LogP) is 3.63. The molecule has 3 rings (SSSR count). The number of carboxylic acid groups (broad SMARTS) is 1. The highest BCUT2D eigenvalue weighted by Crippen LogP contribution is 2.26. The molecule has 0 amide bonds. The summed E-state index contributed by atoms with van der Waals surface area (Å²) in [5, 5.41) is 9.04. The Labute approximate surface area is 121 Å². The molecule has 1 heterocycles. The minimum atomic E-state index is -1.02. The number of fused-ring (bicyclic) bond motifs is 1. The van der Waals surface area contributed by atoms with Gasteiger partial charge < -0.3 is 5.11 Å². The smallest absolute Gasteiger partial charge is 0.335 e. The minimum Gasteiger partial charge on any atom is -0.478 e. The molecule has 0 saturated carbocycles. The Balaban J connectivity index is 2.28. The van der Waals surface area contributed by atoms with Crippen molar-refractivity contribution in [3.05, 3.63) is 58.6 Å². The molecule has 4 nitrogen and oxygen atoms in total. The zero-order chi connectivity index (χ0) is 14.3. The Kier molecular flexibility index (Phi) is 3.02. The van der Waals surface area contributed by atoms with Gasteiger partial charge in [-0.2, -0.15) is 0 Å². The van der Waals surface area contributed by atoms with Crippen molar-refractivity contribution in [3.8, 4) is 5.69 Å². The number of nitrogens with zero attached hydrogens (tertiary/aromatic N) is 2. The topological polar surface area (TPSA) is 55.1 Å². The van der Waals surface area contributed by atoms with E-state index in [1.165, 1.54) is 30.6 Å². The maximum Gasteiger partial charge on any atom is 0.335 e. The Hall–Kier alpha value is -2.21. The van der Waals surface area contributed by atoms with Crippen LogP contribution in [0.15, 0.2) is 47.2 Å². The van der Waals surface area contributed by atoms with Crippen molar-refractivity contribution in [2.24, 2.45) is 0 Å². The Morgan fingerprint density at radius 1 is 1.25 bits per heavy atom. The van der Waals surface area contributed by atoms with E-state index in [1.807, 2.05) is 0 Å². The normalized spacial score (nSPS) is 10.9. The number of carbonyl (C=O) groups is 1. The number of hydrogen-bond donors (Lipinski definition) is 1. The average Bonchev–Trinajstić information content (AvgIpc) is 2.84. The molecule has 0 bridgehead atoms. The molecule has 0 aliphatic rings. The second-order valence-electron chi connectivity index (χ2n) is 4.22. The lowest BCUT2D eigenvalue weighted by atomic mass is 10.2. The SMILES string of the molecule is O=C(O)c1ccc2ncn(-c3cc(F)ccc3Br)c2c1. The Morgan fingerprint density at radius 2 is 2.05 bits per heavy atom. The van der Waals surface area contributed by atoms with Gasteiger partial charge in [0.25, 0.3) is 0 Å². The van der Waals surface area contributed by atoms with Crippen LogP contribution in [0.25, 0.3) is 16.7 Å². The van der Waals surface area contributed by atoms with Crippen molar-refractivity contribution in [3.63, 3.8) is 0 Å². The van der Waals surface area contributed by atoms with Gasteiger partial charge in [-0.25, -0.2) is 14.2 Å². The van der Waals surface area contributed by atoms with E-state index in [0.717, 1.165) is 0 Å². The number of aromatic carboxylic acids is 1. The molecule has 0 aliphatic carbocycles. The van der Waals surface area contributed by atoms with Crippen LogP contribution in [0.4, 0.5) is 4.39 Å². The zero-order valence-corrected chi connectivity index (χ0v) is 11.6. The second kappa shape index (κ2) is 4.72. The van der Waals surface area contributed by atoms with Crippen LogP contribution in [-0.4, -0.2) is 20.6 Å². The fourth-order valence-electron chi connectivity index (χ4n) is 2.00. The van der Waals surface area contributed by atoms with E-state index in [1.54, 1.807) is 16.7 Å². The summed E-state index contributed by atoms with van der Waals surface area (Å²) in [5.74, 6) is -1.39. The monoisotopic (exact) mass is 334 g/mol. The number of carboxylic acids is 1. The maximum atomic E-state index is 13.4. The standard InChI is InChI=1S/C14H8BrFN2O2/c15-10-3-2-9(16)6-12(10)18-7-17-11-4-1-8(14(19)20)5-13(11)18/h1-7H,(H,19,20). The summed E-state index contributed by atoms with van der Waals surface area (Å²) in [5.41, 5.74) is 1.98. The molecule has 1 aromatic heterocycles. The van der Waals surface area contributed by atoms with E-state index in [-0.39, 0.29) is 11.4 Å². The Bertz CT molecular complexity index is 829. The molecule has 0 radical (unpaired) electrons. The number of hydrogen-bond acceptors (Lipinski definition) is 2. The summed E-state index contributed by atoms with van der Waals surface area (Å²) in [6.45, 7) is 0. The highest BCUT2D eigenvalue weighted by Gasteiger charge is 2.11.